The molecular formula is C18H31NO2. The van der Waals surface area contributed by atoms with Crippen LogP contribution in [0.3, 0.4) is 0 Å². The van der Waals surface area contributed by atoms with Gasteiger partial charge >= 0.3 is 0 Å². The van der Waals surface area contributed by atoms with Gasteiger partial charge in [-0.3, -0.25) is 0 Å². The summed E-state index contributed by atoms with van der Waals surface area (Å²) in [5.41, 5.74) is 1.28. The van der Waals surface area contributed by atoms with Gasteiger partial charge in [-0.25, -0.2) is 0 Å². The molecular weight excluding hydrogens is 262 g/mol. The van der Waals surface area contributed by atoms with Gasteiger partial charge in [-0.2, -0.15) is 0 Å². The number of benzene rings is 1. The highest BCUT2D eigenvalue weighted by atomic mass is 16.5. The zero-order valence-corrected chi connectivity index (χ0v) is 14.3. The summed E-state index contributed by atoms with van der Waals surface area (Å²) in [5.74, 6) is 1.83. The summed E-state index contributed by atoms with van der Waals surface area (Å²) < 4.78 is 11.6. The third-order valence-corrected chi connectivity index (χ3v) is 3.08. The smallest absolute Gasteiger partial charge is 0.127 e. The van der Waals surface area contributed by atoms with Gasteiger partial charge in [0, 0.05) is 23.7 Å². The molecule has 3 nitrogen and oxygen atoms in total. The molecule has 0 bridgehead atoms. The van der Waals surface area contributed by atoms with E-state index >= 15 is 0 Å². The summed E-state index contributed by atoms with van der Waals surface area (Å²) in [6, 6.07) is 6.15. The minimum absolute atomic E-state index is 0.0953. The summed E-state index contributed by atoms with van der Waals surface area (Å²) >= 11 is 0. The van der Waals surface area contributed by atoms with E-state index in [1.165, 1.54) is 5.56 Å². The van der Waals surface area contributed by atoms with Crippen molar-refractivity contribution in [3.05, 3.63) is 23.8 Å². The second kappa shape index (κ2) is 8.93. The van der Waals surface area contributed by atoms with Crippen LogP contribution in [-0.2, 0) is 6.54 Å². The van der Waals surface area contributed by atoms with Crippen LogP contribution in [0, 0.1) is 0 Å². The summed E-state index contributed by atoms with van der Waals surface area (Å²) in [5, 5.41) is 3.51. The minimum Gasteiger partial charge on any atom is -0.493 e. The van der Waals surface area contributed by atoms with Crippen LogP contribution >= 0.6 is 0 Å². The summed E-state index contributed by atoms with van der Waals surface area (Å²) in [4.78, 5) is 0. The molecule has 1 N–H and O–H groups in total. The van der Waals surface area contributed by atoms with E-state index in [-0.39, 0.29) is 5.54 Å². The number of ether oxygens (including phenoxy) is 2. The third-order valence-electron chi connectivity index (χ3n) is 3.08. The van der Waals surface area contributed by atoms with E-state index in [1.807, 2.05) is 12.1 Å². The van der Waals surface area contributed by atoms with Gasteiger partial charge in [-0.15, -0.1) is 0 Å². The average Bonchev–Trinajstić information content (AvgIpc) is 2.43. The fourth-order valence-electron chi connectivity index (χ4n) is 1.81. The predicted molar refractivity (Wildman–Crippen MR) is 89.2 cm³/mol. The van der Waals surface area contributed by atoms with Gasteiger partial charge in [0.05, 0.1) is 13.2 Å². The number of nitrogens with one attached hydrogen (secondary N) is 1. The molecule has 0 saturated heterocycles. The highest BCUT2D eigenvalue weighted by Gasteiger charge is 2.12. The Labute approximate surface area is 130 Å². The molecule has 0 heterocycles. The van der Waals surface area contributed by atoms with Gasteiger partial charge < -0.3 is 14.8 Å². The van der Waals surface area contributed by atoms with E-state index in [0.29, 0.717) is 0 Å². The number of unbranched alkanes of at least 4 members (excludes halogenated alkanes) is 1. The van der Waals surface area contributed by atoms with E-state index in [4.69, 9.17) is 9.47 Å². The van der Waals surface area contributed by atoms with Crippen LogP contribution in [0.4, 0.5) is 0 Å². The van der Waals surface area contributed by atoms with Gasteiger partial charge in [-0.1, -0.05) is 26.3 Å². The normalized spacial score (nSPS) is 11.5. The fourth-order valence-corrected chi connectivity index (χ4v) is 1.81. The molecule has 0 saturated carbocycles. The SMILES string of the molecule is CCCCOc1cc(OCCC)ccc1CNC(C)(C)C. The number of hydrogen-bond donors (Lipinski definition) is 1. The topological polar surface area (TPSA) is 30.5 Å². The first-order chi connectivity index (χ1) is 9.96. The molecule has 21 heavy (non-hydrogen) atoms. The van der Waals surface area contributed by atoms with Crippen molar-refractivity contribution >= 4 is 0 Å². The van der Waals surface area contributed by atoms with Crippen molar-refractivity contribution in [2.75, 3.05) is 13.2 Å². The zero-order valence-electron chi connectivity index (χ0n) is 14.3. The Kier molecular flexibility index (Phi) is 7.58. The van der Waals surface area contributed by atoms with Crippen molar-refractivity contribution < 1.29 is 9.47 Å². The van der Waals surface area contributed by atoms with Gasteiger partial charge in [0.1, 0.15) is 11.5 Å². The van der Waals surface area contributed by atoms with Crippen molar-refractivity contribution in [1.29, 1.82) is 0 Å². The Bertz CT molecular complexity index is 410. The minimum atomic E-state index is 0.0953. The van der Waals surface area contributed by atoms with Crippen molar-refractivity contribution in [3.63, 3.8) is 0 Å². The molecule has 0 unspecified atom stereocenters. The second-order valence-corrected chi connectivity index (χ2v) is 6.42. The van der Waals surface area contributed by atoms with Crippen molar-refractivity contribution in [3.8, 4) is 11.5 Å². The van der Waals surface area contributed by atoms with Crippen LogP contribution in [0.2, 0.25) is 0 Å². The van der Waals surface area contributed by atoms with Crippen LogP contribution in [0.1, 0.15) is 59.4 Å². The molecule has 0 radical (unpaired) electrons. The van der Waals surface area contributed by atoms with E-state index in [1.54, 1.807) is 0 Å². The second-order valence-electron chi connectivity index (χ2n) is 6.42. The van der Waals surface area contributed by atoms with Crippen molar-refractivity contribution in [2.24, 2.45) is 0 Å². The maximum absolute atomic E-state index is 5.94. The molecule has 0 aliphatic carbocycles. The summed E-state index contributed by atoms with van der Waals surface area (Å²) in [6.45, 7) is 13.1. The van der Waals surface area contributed by atoms with E-state index in [0.717, 1.165) is 50.5 Å². The first kappa shape index (κ1) is 17.8. The molecule has 3 heteroatoms. The largest absolute Gasteiger partial charge is 0.493 e. The number of hydrogen-bond acceptors (Lipinski definition) is 3. The van der Waals surface area contributed by atoms with Crippen LogP contribution < -0.4 is 14.8 Å². The molecule has 0 amide bonds. The Hall–Kier alpha value is -1.22. The third kappa shape index (κ3) is 7.37. The highest BCUT2D eigenvalue weighted by Crippen LogP contribution is 2.26. The lowest BCUT2D eigenvalue weighted by atomic mass is 10.1. The Balaban J connectivity index is 2.77. The molecule has 120 valence electrons. The first-order valence-corrected chi connectivity index (χ1v) is 8.09. The average molecular weight is 293 g/mol. The highest BCUT2D eigenvalue weighted by molar-refractivity contribution is 5.40. The Morgan fingerprint density at radius 3 is 2.38 bits per heavy atom. The van der Waals surface area contributed by atoms with Crippen LogP contribution in [-0.4, -0.2) is 18.8 Å². The summed E-state index contributed by atoms with van der Waals surface area (Å²) in [7, 11) is 0. The molecule has 0 aromatic heterocycles. The molecule has 1 rings (SSSR count). The Morgan fingerprint density at radius 2 is 1.76 bits per heavy atom. The lowest BCUT2D eigenvalue weighted by Gasteiger charge is -2.22. The van der Waals surface area contributed by atoms with Gasteiger partial charge in [0.2, 0.25) is 0 Å². The maximum Gasteiger partial charge on any atom is 0.127 e. The molecule has 0 aliphatic heterocycles. The molecule has 0 spiro atoms. The van der Waals surface area contributed by atoms with Crippen LogP contribution in [0.25, 0.3) is 0 Å². The monoisotopic (exact) mass is 293 g/mol. The molecule has 1 aromatic carbocycles. The van der Waals surface area contributed by atoms with Crippen molar-refractivity contribution in [2.45, 2.75) is 66.0 Å². The van der Waals surface area contributed by atoms with E-state index < -0.39 is 0 Å². The molecule has 1 aromatic rings. The maximum atomic E-state index is 5.94. The fraction of sp³-hybridized carbons (Fsp3) is 0.667. The van der Waals surface area contributed by atoms with Crippen LogP contribution in [0.5, 0.6) is 11.5 Å². The lowest BCUT2D eigenvalue weighted by Crippen LogP contribution is -2.35. The zero-order chi connectivity index (χ0) is 15.7. The van der Waals surface area contributed by atoms with E-state index in [9.17, 15) is 0 Å². The molecule has 0 aliphatic rings. The Morgan fingerprint density at radius 1 is 1.00 bits per heavy atom. The standard InChI is InChI=1S/C18H31NO2/c1-6-8-12-21-17-13-16(20-11-7-2)10-9-15(17)14-19-18(3,4)5/h9-10,13,19H,6-8,11-12,14H2,1-5H3. The van der Waals surface area contributed by atoms with E-state index in [2.05, 4.69) is 46.0 Å². The molecule has 0 fully saturated rings. The quantitative estimate of drug-likeness (QED) is 0.678. The van der Waals surface area contributed by atoms with Crippen LogP contribution in [0.15, 0.2) is 18.2 Å². The number of rotatable bonds is 9. The molecule has 0 atom stereocenters. The first-order valence-electron chi connectivity index (χ1n) is 8.09. The van der Waals surface area contributed by atoms with Gasteiger partial charge in [-0.05, 0) is 39.7 Å². The van der Waals surface area contributed by atoms with Gasteiger partial charge in [0.25, 0.3) is 0 Å². The predicted octanol–water partition coefficient (Wildman–Crippen LogP) is 4.54. The van der Waals surface area contributed by atoms with Crippen molar-refractivity contribution in [1.82, 2.24) is 5.32 Å². The van der Waals surface area contributed by atoms with Gasteiger partial charge in [0.15, 0.2) is 0 Å². The summed E-state index contributed by atoms with van der Waals surface area (Å²) in [6.07, 6.45) is 3.23. The lowest BCUT2D eigenvalue weighted by molar-refractivity contribution is 0.293.